The molecule has 0 aliphatic carbocycles. The molecule has 2 aliphatic heterocycles. The van der Waals surface area contributed by atoms with E-state index in [1.54, 1.807) is 11.3 Å². The second-order valence-corrected chi connectivity index (χ2v) is 8.61. The number of aliphatic hydroxyl groups excluding tert-OH is 1. The van der Waals surface area contributed by atoms with E-state index < -0.39 is 0 Å². The molecule has 0 amide bonds. The van der Waals surface area contributed by atoms with E-state index in [9.17, 15) is 5.11 Å². The Kier molecular flexibility index (Phi) is 5.18. The zero-order valence-electron chi connectivity index (χ0n) is 15.4. The maximum atomic E-state index is 10.6. The van der Waals surface area contributed by atoms with Gasteiger partial charge in [0.05, 0.1) is 6.10 Å². The first-order chi connectivity index (χ1) is 12.6. The lowest BCUT2D eigenvalue weighted by molar-refractivity contribution is 0.0700. The van der Waals surface area contributed by atoms with Gasteiger partial charge in [-0.2, -0.15) is 0 Å². The number of fused-ring (bicyclic) bond motifs is 1. The van der Waals surface area contributed by atoms with Gasteiger partial charge in [-0.3, -0.25) is 9.80 Å². The molecule has 1 aromatic carbocycles. The second-order valence-electron chi connectivity index (χ2n) is 7.15. The Hall–Kier alpha value is -1.60. The summed E-state index contributed by atoms with van der Waals surface area (Å²) in [6.45, 7) is 10.2. The van der Waals surface area contributed by atoms with Crippen molar-refractivity contribution in [2.75, 3.05) is 39.5 Å². The number of hydrogen-bond donors (Lipinski definition) is 1. The van der Waals surface area contributed by atoms with Crippen molar-refractivity contribution in [3.63, 3.8) is 0 Å². The maximum absolute atomic E-state index is 10.6. The summed E-state index contributed by atoms with van der Waals surface area (Å²) in [7, 11) is 0. The lowest BCUT2D eigenvalue weighted by atomic mass is 10.1. The van der Waals surface area contributed by atoms with E-state index in [0.717, 1.165) is 56.3 Å². The molecule has 140 valence electrons. The van der Waals surface area contributed by atoms with Crippen molar-refractivity contribution >= 4 is 11.3 Å². The highest BCUT2D eigenvalue weighted by atomic mass is 32.1. The average Bonchev–Trinajstić information content (AvgIpc) is 3.22. The Balaban J connectivity index is 1.28. The summed E-state index contributed by atoms with van der Waals surface area (Å²) in [5.41, 5.74) is 2.35. The normalized spacial score (nSPS) is 19.0. The van der Waals surface area contributed by atoms with E-state index in [0.29, 0.717) is 6.79 Å². The quantitative estimate of drug-likeness (QED) is 0.872. The molecule has 2 aliphatic rings. The van der Waals surface area contributed by atoms with Gasteiger partial charge in [0.1, 0.15) is 0 Å². The highest BCUT2D eigenvalue weighted by Gasteiger charge is 2.22. The third-order valence-corrected chi connectivity index (χ3v) is 6.16. The summed E-state index contributed by atoms with van der Waals surface area (Å²) in [4.78, 5) is 7.33. The Morgan fingerprint density at radius 3 is 2.50 bits per heavy atom. The first-order valence-electron chi connectivity index (χ1n) is 9.17. The first kappa shape index (κ1) is 17.8. The van der Waals surface area contributed by atoms with Gasteiger partial charge in [-0.25, -0.2) is 0 Å². The molecular weight excluding hydrogens is 348 g/mol. The lowest BCUT2D eigenvalue weighted by Gasteiger charge is -2.35. The van der Waals surface area contributed by atoms with Crippen molar-refractivity contribution in [2.45, 2.75) is 26.5 Å². The number of nitrogens with zero attached hydrogens (tertiary/aromatic N) is 2. The van der Waals surface area contributed by atoms with Gasteiger partial charge in [0.25, 0.3) is 0 Å². The van der Waals surface area contributed by atoms with E-state index in [4.69, 9.17) is 9.47 Å². The molecule has 0 unspecified atom stereocenters. The molecule has 1 saturated heterocycles. The first-order valence-corrected chi connectivity index (χ1v) is 9.98. The fourth-order valence-corrected chi connectivity index (χ4v) is 4.73. The van der Waals surface area contributed by atoms with Gasteiger partial charge in [-0.15, -0.1) is 11.3 Å². The van der Waals surface area contributed by atoms with Crippen molar-refractivity contribution < 1.29 is 14.6 Å². The smallest absolute Gasteiger partial charge is 0.231 e. The van der Waals surface area contributed by atoms with Crippen molar-refractivity contribution in [2.24, 2.45) is 0 Å². The highest BCUT2D eigenvalue weighted by Crippen LogP contribution is 2.33. The van der Waals surface area contributed by atoms with Crippen LogP contribution < -0.4 is 9.47 Å². The summed E-state index contributed by atoms with van der Waals surface area (Å²) < 4.78 is 10.8. The van der Waals surface area contributed by atoms with Crippen LogP contribution in [0.25, 0.3) is 0 Å². The predicted molar refractivity (Wildman–Crippen MR) is 103 cm³/mol. The Morgan fingerprint density at radius 1 is 1.04 bits per heavy atom. The van der Waals surface area contributed by atoms with Crippen LogP contribution in [0.2, 0.25) is 0 Å². The van der Waals surface area contributed by atoms with Crippen LogP contribution in [-0.4, -0.2) is 54.4 Å². The summed E-state index contributed by atoms with van der Waals surface area (Å²) >= 11 is 1.76. The van der Waals surface area contributed by atoms with Crippen molar-refractivity contribution in [3.8, 4) is 11.5 Å². The number of thiophene rings is 1. The van der Waals surface area contributed by atoms with Crippen LogP contribution >= 0.6 is 11.3 Å². The number of aliphatic hydroxyl groups is 1. The molecule has 1 N–H and O–H groups in total. The van der Waals surface area contributed by atoms with Crippen molar-refractivity contribution in [1.82, 2.24) is 9.80 Å². The van der Waals surface area contributed by atoms with E-state index in [2.05, 4.69) is 41.8 Å². The van der Waals surface area contributed by atoms with Gasteiger partial charge in [-0.1, -0.05) is 6.07 Å². The third-order valence-electron chi connectivity index (χ3n) is 5.18. The van der Waals surface area contributed by atoms with E-state index in [1.165, 1.54) is 15.3 Å². The number of hydrogen-bond acceptors (Lipinski definition) is 6. The molecule has 0 bridgehead atoms. The van der Waals surface area contributed by atoms with Gasteiger partial charge in [0.2, 0.25) is 6.79 Å². The van der Waals surface area contributed by atoms with Gasteiger partial charge in [0, 0.05) is 49.0 Å². The third kappa shape index (κ3) is 3.88. The molecular formula is C20H26N2O3S. The van der Waals surface area contributed by atoms with Crippen LogP contribution in [0.3, 0.4) is 0 Å². The van der Waals surface area contributed by atoms with Crippen LogP contribution in [0.4, 0.5) is 0 Å². The molecule has 4 rings (SSSR count). The molecule has 6 heteroatoms. The van der Waals surface area contributed by atoms with Crippen LogP contribution in [0.1, 0.15) is 27.0 Å². The molecule has 3 heterocycles. The molecule has 1 aromatic heterocycles. The molecule has 1 atom stereocenters. The summed E-state index contributed by atoms with van der Waals surface area (Å²) in [6, 6.07) is 8.32. The fraction of sp³-hybridized carbons (Fsp3) is 0.500. The molecule has 0 saturated carbocycles. The summed E-state index contributed by atoms with van der Waals surface area (Å²) in [6.07, 6.45) is -0.389. The van der Waals surface area contributed by atoms with Crippen molar-refractivity contribution in [1.29, 1.82) is 0 Å². The lowest BCUT2D eigenvalue weighted by Crippen LogP contribution is -2.47. The van der Waals surface area contributed by atoms with E-state index in [-0.39, 0.29) is 6.10 Å². The standard InChI is InChI=1S/C20H26N2O3S/c1-14-9-17(15(2)26-14)18(23)12-22-7-5-21(6-8-22)11-16-3-4-19-20(10-16)25-13-24-19/h3-4,9-10,18,23H,5-8,11-13H2,1-2H3/t18-/m0/s1. The predicted octanol–water partition coefficient (Wildman–Crippen LogP) is 2.94. The topological polar surface area (TPSA) is 45.2 Å². The average molecular weight is 375 g/mol. The number of benzene rings is 1. The second kappa shape index (κ2) is 7.56. The largest absolute Gasteiger partial charge is 0.454 e. The van der Waals surface area contributed by atoms with Crippen LogP contribution in [0.15, 0.2) is 24.3 Å². The number of aryl methyl sites for hydroxylation is 2. The minimum absolute atomic E-state index is 0.322. The molecule has 26 heavy (non-hydrogen) atoms. The zero-order valence-corrected chi connectivity index (χ0v) is 16.2. The van der Waals surface area contributed by atoms with Crippen LogP contribution in [0.5, 0.6) is 11.5 Å². The number of β-amino-alcohol motifs (C(OH)–C–C–N with tert-alkyl or cyclic N) is 1. The molecule has 1 fully saturated rings. The minimum Gasteiger partial charge on any atom is -0.454 e. The Labute approximate surface area is 158 Å². The maximum Gasteiger partial charge on any atom is 0.231 e. The van der Waals surface area contributed by atoms with E-state index in [1.807, 2.05) is 6.07 Å². The minimum atomic E-state index is -0.389. The van der Waals surface area contributed by atoms with Crippen LogP contribution in [-0.2, 0) is 6.54 Å². The van der Waals surface area contributed by atoms with Crippen LogP contribution in [0, 0.1) is 13.8 Å². The molecule has 5 nitrogen and oxygen atoms in total. The summed E-state index contributed by atoms with van der Waals surface area (Å²) in [5.74, 6) is 1.69. The number of rotatable bonds is 5. The van der Waals surface area contributed by atoms with E-state index >= 15 is 0 Å². The number of piperazine rings is 1. The van der Waals surface area contributed by atoms with Gasteiger partial charge >= 0.3 is 0 Å². The molecule has 0 radical (unpaired) electrons. The van der Waals surface area contributed by atoms with Crippen molar-refractivity contribution in [3.05, 3.63) is 45.1 Å². The van der Waals surface area contributed by atoms with Gasteiger partial charge in [0.15, 0.2) is 11.5 Å². The Bertz CT molecular complexity index is 768. The fourth-order valence-electron chi connectivity index (χ4n) is 3.75. The molecule has 2 aromatic rings. The SMILES string of the molecule is Cc1cc([C@@H](O)CN2CCN(Cc3ccc4c(c3)OCO4)CC2)c(C)s1. The van der Waals surface area contributed by atoms with Gasteiger partial charge < -0.3 is 14.6 Å². The number of ether oxygens (including phenoxy) is 2. The monoisotopic (exact) mass is 374 g/mol. The zero-order chi connectivity index (χ0) is 18.1. The Morgan fingerprint density at radius 2 is 1.77 bits per heavy atom. The highest BCUT2D eigenvalue weighted by molar-refractivity contribution is 7.12. The van der Waals surface area contributed by atoms with Gasteiger partial charge in [-0.05, 0) is 43.2 Å². The summed E-state index contributed by atoms with van der Waals surface area (Å²) in [5, 5.41) is 10.6. The molecule has 0 spiro atoms.